The molecule has 1 atom stereocenters. The van der Waals surface area contributed by atoms with Gasteiger partial charge in [0.25, 0.3) is 0 Å². The summed E-state index contributed by atoms with van der Waals surface area (Å²) in [6, 6.07) is 17.2. The van der Waals surface area contributed by atoms with E-state index in [4.69, 9.17) is 11.6 Å². The van der Waals surface area contributed by atoms with Crippen LogP contribution in [0.25, 0.3) is 0 Å². The Hall–Kier alpha value is -2.75. The molecule has 0 aliphatic carbocycles. The van der Waals surface area contributed by atoms with E-state index in [0.717, 1.165) is 16.7 Å². The highest BCUT2D eigenvalue weighted by Crippen LogP contribution is 2.36. The second kappa shape index (κ2) is 9.64. The smallest absolute Gasteiger partial charge is 0.230 e. The summed E-state index contributed by atoms with van der Waals surface area (Å²) in [6.07, 6.45) is 0.189. The number of carbonyl (C=O) groups is 2. The molecule has 0 bridgehead atoms. The molecule has 148 valence electrons. The number of benzene rings is 2. The molecular weight excluding hydrogens is 406 g/mol. The highest BCUT2D eigenvalue weighted by atomic mass is 35.5. The minimum absolute atomic E-state index is 0.111. The van der Waals surface area contributed by atoms with Crippen molar-refractivity contribution < 1.29 is 9.59 Å². The summed E-state index contributed by atoms with van der Waals surface area (Å²) in [6.45, 7) is 2.44. The van der Waals surface area contributed by atoms with Crippen LogP contribution in [0, 0.1) is 18.3 Å². The second-order valence-electron chi connectivity index (χ2n) is 6.76. The Morgan fingerprint density at radius 2 is 1.93 bits per heavy atom. The number of nitrogens with one attached hydrogen (secondary N) is 2. The fourth-order valence-electron chi connectivity index (χ4n) is 3.01. The maximum atomic E-state index is 12.2. The summed E-state index contributed by atoms with van der Waals surface area (Å²) >= 11 is 7.11. The van der Waals surface area contributed by atoms with E-state index in [1.165, 1.54) is 11.8 Å². The van der Waals surface area contributed by atoms with Crippen LogP contribution < -0.4 is 10.6 Å². The van der Waals surface area contributed by atoms with E-state index in [0.29, 0.717) is 22.2 Å². The zero-order chi connectivity index (χ0) is 20.8. The third kappa shape index (κ3) is 5.63. The van der Waals surface area contributed by atoms with Crippen molar-refractivity contribution in [2.75, 3.05) is 5.75 Å². The van der Waals surface area contributed by atoms with E-state index in [1.807, 2.05) is 43.3 Å². The van der Waals surface area contributed by atoms with Gasteiger partial charge >= 0.3 is 0 Å². The number of thioether (sulfide) groups is 1. The molecule has 2 N–H and O–H groups in total. The summed E-state index contributed by atoms with van der Waals surface area (Å²) in [5.74, 6) is -0.570. The average molecular weight is 426 g/mol. The van der Waals surface area contributed by atoms with Crippen LogP contribution in [-0.4, -0.2) is 17.6 Å². The topological polar surface area (TPSA) is 82.0 Å². The van der Waals surface area contributed by atoms with Gasteiger partial charge in [-0.1, -0.05) is 65.3 Å². The van der Waals surface area contributed by atoms with E-state index in [1.54, 1.807) is 12.1 Å². The number of rotatable bonds is 6. The van der Waals surface area contributed by atoms with Gasteiger partial charge in [-0.05, 0) is 30.2 Å². The number of aryl methyl sites for hydroxylation is 1. The predicted octanol–water partition coefficient (Wildman–Crippen LogP) is 4.04. The molecule has 1 heterocycles. The van der Waals surface area contributed by atoms with Crippen molar-refractivity contribution in [3.05, 3.63) is 80.8 Å². The quantitative estimate of drug-likeness (QED) is 0.731. The van der Waals surface area contributed by atoms with Gasteiger partial charge < -0.3 is 10.6 Å². The van der Waals surface area contributed by atoms with Gasteiger partial charge in [-0.2, -0.15) is 5.26 Å². The van der Waals surface area contributed by atoms with Gasteiger partial charge in [0, 0.05) is 23.9 Å². The molecule has 29 heavy (non-hydrogen) atoms. The molecule has 0 radical (unpaired) electrons. The van der Waals surface area contributed by atoms with E-state index in [-0.39, 0.29) is 29.9 Å². The lowest BCUT2D eigenvalue weighted by molar-refractivity contribution is -0.121. The van der Waals surface area contributed by atoms with E-state index in [9.17, 15) is 14.9 Å². The summed E-state index contributed by atoms with van der Waals surface area (Å²) in [5.41, 5.74) is 3.49. The summed E-state index contributed by atoms with van der Waals surface area (Å²) in [7, 11) is 0. The van der Waals surface area contributed by atoms with Gasteiger partial charge in [0.2, 0.25) is 11.8 Å². The van der Waals surface area contributed by atoms with Crippen LogP contribution in [0.4, 0.5) is 0 Å². The van der Waals surface area contributed by atoms with Crippen molar-refractivity contribution in [1.82, 2.24) is 10.6 Å². The first-order valence-electron chi connectivity index (χ1n) is 9.11. The van der Waals surface area contributed by atoms with Crippen LogP contribution in [0.3, 0.4) is 0 Å². The van der Waals surface area contributed by atoms with Crippen LogP contribution in [0.15, 0.2) is 59.1 Å². The standard InChI is InChI=1S/C22H20ClN3O2S/c1-14-2-4-15(5-3-14)12-25-21(28)13-29-22-19(11-24)18(10-20(27)26-22)16-6-8-17(23)9-7-16/h2-9,18H,10,12-13H2,1H3,(H,25,28)(H,26,27)/t18-/m1/s1. The Morgan fingerprint density at radius 3 is 2.59 bits per heavy atom. The van der Waals surface area contributed by atoms with Gasteiger partial charge in [-0.25, -0.2) is 0 Å². The maximum Gasteiger partial charge on any atom is 0.230 e. The minimum Gasteiger partial charge on any atom is -0.351 e. The lowest BCUT2D eigenvalue weighted by Gasteiger charge is -2.25. The number of halogens is 1. The van der Waals surface area contributed by atoms with Crippen LogP contribution in [0.5, 0.6) is 0 Å². The first kappa shape index (κ1) is 21.0. The zero-order valence-electron chi connectivity index (χ0n) is 15.9. The molecule has 1 aliphatic rings. The Morgan fingerprint density at radius 1 is 1.24 bits per heavy atom. The lowest BCUT2D eigenvalue weighted by Crippen LogP contribution is -2.32. The Kier molecular flexibility index (Phi) is 6.97. The van der Waals surface area contributed by atoms with Crippen LogP contribution in [0.2, 0.25) is 5.02 Å². The fourth-order valence-corrected chi connectivity index (χ4v) is 4.04. The van der Waals surface area contributed by atoms with Crippen molar-refractivity contribution in [2.45, 2.75) is 25.8 Å². The zero-order valence-corrected chi connectivity index (χ0v) is 17.4. The minimum atomic E-state index is -0.343. The normalized spacial score (nSPS) is 16.2. The summed E-state index contributed by atoms with van der Waals surface area (Å²) in [4.78, 5) is 24.4. The van der Waals surface area contributed by atoms with Crippen LogP contribution >= 0.6 is 23.4 Å². The number of hydrogen-bond donors (Lipinski definition) is 2. The number of carbonyl (C=O) groups excluding carboxylic acids is 2. The Labute approximate surface area is 179 Å². The molecule has 0 spiro atoms. The molecule has 0 aromatic heterocycles. The molecule has 0 fully saturated rings. The van der Waals surface area contributed by atoms with E-state index >= 15 is 0 Å². The van der Waals surface area contributed by atoms with Gasteiger partial charge in [-0.15, -0.1) is 0 Å². The molecule has 0 saturated carbocycles. The van der Waals surface area contributed by atoms with Crippen molar-refractivity contribution in [2.24, 2.45) is 0 Å². The largest absolute Gasteiger partial charge is 0.351 e. The molecule has 5 nitrogen and oxygen atoms in total. The molecule has 2 aromatic carbocycles. The van der Waals surface area contributed by atoms with Crippen LogP contribution in [0.1, 0.15) is 29.0 Å². The monoisotopic (exact) mass is 425 g/mol. The van der Waals surface area contributed by atoms with Crippen molar-refractivity contribution in [3.63, 3.8) is 0 Å². The first-order chi connectivity index (χ1) is 14.0. The maximum absolute atomic E-state index is 12.2. The molecule has 2 amide bonds. The molecule has 7 heteroatoms. The number of allylic oxidation sites excluding steroid dienone is 1. The van der Waals surface area contributed by atoms with Gasteiger partial charge in [0.15, 0.2) is 0 Å². The van der Waals surface area contributed by atoms with E-state index < -0.39 is 0 Å². The SMILES string of the molecule is Cc1ccc(CNC(=O)CSC2=C(C#N)[C@@H](c3ccc(Cl)cc3)CC(=O)N2)cc1. The predicted molar refractivity (Wildman–Crippen MR) is 115 cm³/mol. The fraction of sp³-hybridized carbons (Fsp3) is 0.227. The highest BCUT2D eigenvalue weighted by Gasteiger charge is 2.29. The summed E-state index contributed by atoms with van der Waals surface area (Å²) in [5, 5.41) is 16.3. The highest BCUT2D eigenvalue weighted by molar-refractivity contribution is 8.03. The van der Waals surface area contributed by atoms with Gasteiger partial charge in [0.1, 0.15) is 0 Å². The molecule has 0 unspecified atom stereocenters. The van der Waals surface area contributed by atoms with Crippen LogP contribution in [-0.2, 0) is 16.1 Å². The molecule has 0 saturated heterocycles. The van der Waals surface area contributed by atoms with Gasteiger partial charge in [0.05, 0.1) is 22.4 Å². The molecule has 1 aliphatic heterocycles. The number of nitrogens with zero attached hydrogens (tertiary/aromatic N) is 1. The van der Waals surface area contributed by atoms with Gasteiger partial charge in [-0.3, -0.25) is 9.59 Å². The Bertz CT molecular complexity index is 979. The van der Waals surface area contributed by atoms with Crippen molar-refractivity contribution in [1.29, 1.82) is 5.26 Å². The van der Waals surface area contributed by atoms with Crippen molar-refractivity contribution >= 4 is 35.2 Å². The molecular formula is C22H20ClN3O2S. The molecule has 3 rings (SSSR count). The van der Waals surface area contributed by atoms with Crippen molar-refractivity contribution in [3.8, 4) is 6.07 Å². The summed E-state index contributed by atoms with van der Waals surface area (Å²) < 4.78 is 0. The number of hydrogen-bond acceptors (Lipinski definition) is 4. The second-order valence-corrected chi connectivity index (χ2v) is 8.18. The Balaban J connectivity index is 1.66. The first-order valence-corrected chi connectivity index (χ1v) is 10.5. The number of amides is 2. The third-order valence-corrected chi connectivity index (χ3v) is 5.86. The molecule has 2 aromatic rings. The van der Waals surface area contributed by atoms with E-state index in [2.05, 4.69) is 16.7 Å². The average Bonchev–Trinajstić information content (AvgIpc) is 2.72. The lowest BCUT2D eigenvalue weighted by atomic mass is 9.87. The number of nitriles is 1. The third-order valence-electron chi connectivity index (χ3n) is 4.59.